The van der Waals surface area contributed by atoms with Gasteiger partial charge in [0.15, 0.2) is 0 Å². The molecule has 0 radical (unpaired) electrons. The molecule has 2 heterocycles. The molecule has 0 amide bonds. The minimum absolute atomic E-state index is 0.0696. The highest BCUT2D eigenvalue weighted by atomic mass is 16.5. The SMILES string of the molecule is COc1cnc2cccc([C@@H](O)CC[C@@H]3CCN(CCCc4ccccc4)C[C@@H]3C(=O)O)c2c1. The van der Waals surface area contributed by atoms with Crippen molar-refractivity contribution in [2.75, 3.05) is 26.7 Å². The van der Waals surface area contributed by atoms with Gasteiger partial charge in [-0.3, -0.25) is 9.78 Å². The van der Waals surface area contributed by atoms with E-state index in [1.807, 2.05) is 30.3 Å². The quantitative estimate of drug-likeness (QED) is 0.454. The van der Waals surface area contributed by atoms with Gasteiger partial charge in [-0.15, -0.1) is 0 Å². The lowest BCUT2D eigenvalue weighted by Crippen LogP contribution is -2.44. The van der Waals surface area contributed by atoms with Crippen molar-refractivity contribution >= 4 is 16.9 Å². The third-order valence-corrected chi connectivity index (χ3v) is 7.08. The molecule has 4 rings (SSSR count). The van der Waals surface area contributed by atoms with Crippen LogP contribution < -0.4 is 4.74 Å². The Labute approximate surface area is 201 Å². The van der Waals surface area contributed by atoms with E-state index >= 15 is 0 Å². The largest absolute Gasteiger partial charge is 0.495 e. The van der Waals surface area contributed by atoms with Crippen LogP contribution in [0.15, 0.2) is 60.8 Å². The molecule has 2 aromatic carbocycles. The molecule has 34 heavy (non-hydrogen) atoms. The summed E-state index contributed by atoms with van der Waals surface area (Å²) in [6.07, 6.45) is 5.09. The molecule has 1 fully saturated rings. The van der Waals surface area contributed by atoms with Crippen molar-refractivity contribution in [2.45, 2.75) is 38.2 Å². The number of pyridine rings is 1. The fraction of sp³-hybridized carbons (Fsp3) is 0.429. The van der Waals surface area contributed by atoms with Crippen molar-refractivity contribution in [3.05, 3.63) is 71.9 Å². The molecular formula is C28H34N2O4. The Morgan fingerprint density at radius 3 is 2.79 bits per heavy atom. The van der Waals surface area contributed by atoms with E-state index in [4.69, 9.17) is 4.74 Å². The molecule has 1 saturated heterocycles. The lowest BCUT2D eigenvalue weighted by Gasteiger charge is -2.37. The number of likely N-dealkylation sites (tertiary alicyclic amines) is 1. The van der Waals surface area contributed by atoms with E-state index in [0.717, 1.165) is 48.8 Å². The summed E-state index contributed by atoms with van der Waals surface area (Å²) in [5.74, 6) is -0.406. The summed E-state index contributed by atoms with van der Waals surface area (Å²) in [7, 11) is 1.60. The van der Waals surface area contributed by atoms with Crippen molar-refractivity contribution < 1.29 is 19.7 Å². The summed E-state index contributed by atoms with van der Waals surface area (Å²) >= 11 is 0. The van der Waals surface area contributed by atoms with E-state index in [0.29, 0.717) is 25.1 Å². The Morgan fingerprint density at radius 1 is 1.21 bits per heavy atom. The smallest absolute Gasteiger partial charge is 0.308 e. The van der Waals surface area contributed by atoms with E-state index in [-0.39, 0.29) is 5.92 Å². The Morgan fingerprint density at radius 2 is 2.03 bits per heavy atom. The molecule has 3 aromatic rings. The summed E-state index contributed by atoms with van der Waals surface area (Å²) in [4.78, 5) is 18.8. The fourth-order valence-corrected chi connectivity index (χ4v) is 5.13. The van der Waals surface area contributed by atoms with Crippen LogP contribution in [-0.4, -0.2) is 52.8 Å². The average Bonchev–Trinajstić information content (AvgIpc) is 2.87. The van der Waals surface area contributed by atoms with Crippen molar-refractivity contribution in [3.8, 4) is 5.75 Å². The molecule has 6 nitrogen and oxygen atoms in total. The summed E-state index contributed by atoms with van der Waals surface area (Å²) in [5.41, 5.74) is 2.95. The highest BCUT2D eigenvalue weighted by molar-refractivity contribution is 5.83. The Balaban J connectivity index is 1.34. The van der Waals surface area contributed by atoms with Crippen molar-refractivity contribution in [3.63, 3.8) is 0 Å². The third-order valence-electron chi connectivity index (χ3n) is 7.08. The van der Waals surface area contributed by atoms with Crippen LogP contribution in [0.25, 0.3) is 10.9 Å². The van der Waals surface area contributed by atoms with Gasteiger partial charge in [-0.2, -0.15) is 0 Å². The number of piperidine rings is 1. The second-order valence-electron chi connectivity index (χ2n) is 9.27. The van der Waals surface area contributed by atoms with Gasteiger partial charge in [0.2, 0.25) is 0 Å². The highest BCUT2D eigenvalue weighted by Gasteiger charge is 2.34. The first-order valence-electron chi connectivity index (χ1n) is 12.1. The van der Waals surface area contributed by atoms with E-state index in [2.05, 4.69) is 34.1 Å². The van der Waals surface area contributed by atoms with Crippen LogP contribution in [-0.2, 0) is 11.2 Å². The number of methoxy groups -OCH3 is 1. The van der Waals surface area contributed by atoms with Gasteiger partial charge < -0.3 is 19.8 Å². The molecule has 0 unspecified atom stereocenters. The second-order valence-corrected chi connectivity index (χ2v) is 9.27. The van der Waals surface area contributed by atoms with Gasteiger partial charge in [0.25, 0.3) is 0 Å². The molecule has 1 aliphatic heterocycles. The Bertz CT molecular complexity index is 1090. The van der Waals surface area contributed by atoms with E-state index in [9.17, 15) is 15.0 Å². The maximum absolute atomic E-state index is 12.1. The van der Waals surface area contributed by atoms with Gasteiger partial charge in [-0.05, 0) is 74.4 Å². The van der Waals surface area contributed by atoms with E-state index in [1.165, 1.54) is 5.56 Å². The monoisotopic (exact) mass is 462 g/mol. The van der Waals surface area contributed by atoms with Crippen LogP contribution >= 0.6 is 0 Å². The van der Waals surface area contributed by atoms with Gasteiger partial charge >= 0.3 is 5.97 Å². The Kier molecular flexibility index (Phi) is 8.14. The molecule has 0 spiro atoms. The number of aliphatic carboxylic acids is 1. The molecule has 1 aromatic heterocycles. The van der Waals surface area contributed by atoms with Gasteiger partial charge in [0.05, 0.1) is 30.8 Å². The van der Waals surface area contributed by atoms with Crippen LogP contribution in [0, 0.1) is 11.8 Å². The average molecular weight is 463 g/mol. The maximum Gasteiger partial charge on any atom is 0.308 e. The summed E-state index contributed by atoms with van der Waals surface area (Å²) in [6.45, 7) is 2.41. The number of fused-ring (bicyclic) bond motifs is 1. The van der Waals surface area contributed by atoms with E-state index < -0.39 is 18.0 Å². The summed E-state index contributed by atoms with van der Waals surface area (Å²) < 4.78 is 5.30. The van der Waals surface area contributed by atoms with Crippen LogP contribution in [0.3, 0.4) is 0 Å². The number of carbonyl (C=O) groups is 1. The maximum atomic E-state index is 12.1. The first-order chi connectivity index (χ1) is 16.5. The standard InChI is InChI=1S/C28H34N2O4/c1-34-22-17-24-23(10-5-11-26(24)29-18-22)27(31)13-12-21-14-16-30(19-25(21)28(32)33)15-6-9-20-7-3-2-4-8-20/h2-5,7-8,10-11,17-18,21,25,27,31H,6,9,12-16,19H2,1H3,(H,32,33)/t21-,25+,27+/m1/s1. The zero-order valence-corrected chi connectivity index (χ0v) is 19.8. The van der Waals surface area contributed by atoms with Gasteiger partial charge in [-0.25, -0.2) is 0 Å². The molecule has 0 bridgehead atoms. The lowest BCUT2D eigenvalue weighted by molar-refractivity contribution is -0.146. The van der Waals surface area contributed by atoms with Gasteiger partial charge in [0.1, 0.15) is 5.75 Å². The number of hydrogen-bond donors (Lipinski definition) is 2. The minimum atomic E-state index is -0.730. The normalized spacial score (nSPS) is 19.7. The molecule has 180 valence electrons. The number of carboxylic acids is 1. The van der Waals surface area contributed by atoms with Crippen molar-refractivity contribution in [1.82, 2.24) is 9.88 Å². The number of aryl methyl sites for hydroxylation is 1. The molecule has 2 N–H and O–H groups in total. The van der Waals surface area contributed by atoms with Gasteiger partial charge in [0, 0.05) is 11.9 Å². The molecule has 1 aliphatic rings. The lowest BCUT2D eigenvalue weighted by atomic mass is 9.81. The molecular weight excluding hydrogens is 428 g/mol. The number of rotatable bonds is 10. The number of aromatic nitrogens is 1. The number of benzene rings is 2. The minimum Gasteiger partial charge on any atom is -0.495 e. The van der Waals surface area contributed by atoms with Crippen LogP contribution in [0.4, 0.5) is 0 Å². The molecule has 6 heteroatoms. The first-order valence-corrected chi connectivity index (χ1v) is 12.1. The summed E-state index contributed by atoms with van der Waals surface area (Å²) in [6, 6.07) is 18.0. The number of aliphatic hydroxyl groups is 1. The topological polar surface area (TPSA) is 82.9 Å². The highest BCUT2D eigenvalue weighted by Crippen LogP contribution is 2.33. The number of aliphatic hydroxyl groups excluding tert-OH is 1. The second kappa shape index (κ2) is 11.4. The number of carboxylic acid groups (broad SMARTS) is 1. The molecule has 0 aliphatic carbocycles. The van der Waals surface area contributed by atoms with Crippen molar-refractivity contribution in [2.24, 2.45) is 11.8 Å². The van der Waals surface area contributed by atoms with Crippen molar-refractivity contribution in [1.29, 1.82) is 0 Å². The zero-order chi connectivity index (χ0) is 23.9. The predicted molar refractivity (Wildman–Crippen MR) is 133 cm³/mol. The zero-order valence-electron chi connectivity index (χ0n) is 19.8. The number of nitrogens with zero attached hydrogens (tertiary/aromatic N) is 2. The predicted octanol–water partition coefficient (Wildman–Crippen LogP) is 4.71. The summed E-state index contributed by atoms with van der Waals surface area (Å²) in [5, 5.41) is 21.8. The number of hydrogen-bond acceptors (Lipinski definition) is 5. The fourth-order valence-electron chi connectivity index (χ4n) is 5.13. The number of ether oxygens (including phenoxy) is 1. The van der Waals surface area contributed by atoms with Gasteiger partial charge in [-0.1, -0.05) is 42.5 Å². The first kappa shape index (κ1) is 24.2. The third kappa shape index (κ3) is 5.93. The van der Waals surface area contributed by atoms with Crippen LogP contribution in [0.2, 0.25) is 0 Å². The molecule has 0 saturated carbocycles. The molecule has 3 atom stereocenters. The van der Waals surface area contributed by atoms with Crippen LogP contribution in [0.1, 0.15) is 42.9 Å². The Hall–Kier alpha value is -2.96. The van der Waals surface area contributed by atoms with E-state index in [1.54, 1.807) is 13.3 Å². The van der Waals surface area contributed by atoms with Crippen LogP contribution in [0.5, 0.6) is 5.75 Å².